The Balaban J connectivity index is 1.56. The number of nitrogens with one attached hydrogen (secondary N) is 2. The molecule has 2 amide bonds. The molecule has 1 saturated carbocycles. The van der Waals surface area contributed by atoms with Gasteiger partial charge in [0.25, 0.3) is 0 Å². The molecule has 182 valence electrons. The molecule has 7 nitrogen and oxygen atoms in total. The molecule has 3 aromatic rings. The maximum absolute atomic E-state index is 14.5. The Labute approximate surface area is 220 Å². The number of hydrogen-bond acceptors (Lipinski definition) is 5. The van der Waals surface area contributed by atoms with Gasteiger partial charge >= 0.3 is 0 Å². The number of carbonyl (C=O) groups is 2. The summed E-state index contributed by atoms with van der Waals surface area (Å²) in [6.45, 7) is 0.591. The van der Waals surface area contributed by atoms with Gasteiger partial charge in [-0.25, -0.2) is 14.4 Å². The maximum Gasteiger partial charge on any atom is 0.248 e. The average molecular weight is 569 g/mol. The van der Waals surface area contributed by atoms with Gasteiger partial charge in [0.15, 0.2) is 5.82 Å². The summed E-state index contributed by atoms with van der Waals surface area (Å²) in [6.07, 6.45) is 5.20. The third-order valence-electron chi connectivity index (χ3n) is 6.31. The van der Waals surface area contributed by atoms with Gasteiger partial charge in [-0.1, -0.05) is 51.5 Å². The minimum atomic E-state index is -0.601. The van der Waals surface area contributed by atoms with Crippen molar-refractivity contribution in [2.24, 2.45) is 11.3 Å². The number of fused-ring (bicyclic) bond motifs is 2. The molecule has 0 radical (unpaired) electrons. The van der Waals surface area contributed by atoms with Crippen LogP contribution in [-0.2, 0) is 9.59 Å². The fourth-order valence-corrected chi connectivity index (χ4v) is 4.77. The van der Waals surface area contributed by atoms with Crippen molar-refractivity contribution in [3.8, 4) is 11.8 Å². The van der Waals surface area contributed by atoms with Gasteiger partial charge in [-0.3, -0.25) is 9.59 Å². The molecule has 1 aliphatic carbocycles. The van der Waals surface area contributed by atoms with Gasteiger partial charge in [0.1, 0.15) is 12.1 Å². The van der Waals surface area contributed by atoms with E-state index in [-0.39, 0.29) is 33.9 Å². The first kappa shape index (κ1) is 24.2. The van der Waals surface area contributed by atoms with Gasteiger partial charge in [0.2, 0.25) is 11.8 Å². The van der Waals surface area contributed by atoms with Crippen LogP contribution in [0.15, 0.2) is 48.8 Å². The molecule has 1 aromatic heterocycles. The number of anilines is 3. The Hall–Kier alpha value is -3.48. The topological polar surface area (TPSA) is 87.2 Å². The zero-order valence-electron chi connectivity index (χ0n) is 19.1. The highest BCUT2D eigenvalue weighted by molar-refractivity contribution is 9.09. The van der Waals surface area contributed by atoms with Crippen LogP contribution in [0.4, 0.5) is 21.6 Å². The molecule has 2 fully saturated rings. The van der Waals surface area contributed by atoms with E-state index in [4.69, 9.17) is 11.6 Å². The van der Waals surface area contributed by atoms with E-state index in [0.29, 0.717) is 39.8 Å². The SMILES string of the molecule is CN1C[C@]2(C#Cc3cc4ncnc(Nc5cccc(Cl)c5F)c4cc3NC(=O)/C=C/CBr)C[C@@H]2C1=O. The van der Waals surface area contributed by atoms with Crippen LogP contribution in [0.25, 0.3) is 10.9 Å². The lowest BCUT2D eigenvalue weighted by molar-refractivity contribution is -0.128. The highest BCUT2D eigenvalue weighted by atomic mass is 79.9. The van der Waals surface area contributed by atoms with Crippen molar-refractivity contribution in [1.82, 2.24) is 14.9 Å². The minimum absolute atomic E-state index is 0.0174. The van der Waals surface area contributed by atoms with Gasteiger partial charge in [0.05, 0.1) is 38.8 Å². The van der Waals surface area contributed by atoms with Gasteiger partial charge in [-0.05, 0) is 30.7 Å². The van der Waals surface area contributed by atoms with E-state index in [1.165, 1.54) is 18.5 Å². The molecule has 2 aromatic carbocycles. The number of amides is 2. The maximum atomic E-state index is 14.5. The Morgan fingerprint density at radius 1 is 1.36 bits per heavy atom. The summed E-state index contributed by atoms with van der Waals surface area (Å²) in [5.41, 5.74) is 1.38. The molecular weight excluding hydrogens is 549 g/mol. The van der Waals surface area contributed by atoms with E-state index in [9.17, 15) is 14.0 Å². The Morgan fingerprint density at radius 2 is 2.19 bits per heavy atom. The summed E-state index contributed by atoms with van der Waals surface area (Å²) >= 11 is 9.18. The van der Waals surface area contributed by atoms with E-state index >= 15 is 0 Å². The third-order valence-corrected chi connectivity index (χ3v) is 6.98. The molecule has 0 bridgehead atoms. The number of piperidine rings is 1. The quantitative estimate of drug-likeness (QED) is 0.260. The molecule has 0 spiro atoms. The number of halogens is 3. The molecule has 0 unspecified atom stereocenters. The van der Waals surface area contributed by atoms with Crippen LogP contribution in [-0.4, -0.2) is 45.6 Å². The summed E-state index contributed by atoms with van der Waals surface area (Å²) in [5.74, 6) is 5.93. The molecule has 2 N–H and O–H groups in total. The summed E-state index contributed by atoms with van der Waals surface area (Å²) in [7, 11) is 1.78. The van der Waals surface area contributed by atoms with Crippen LogP contribution >= 0.6 is 27.5 Å². The number of hydrogen-bond donors (Lipinski definition) is 2. The molecule has 2 heterocycles. The van der Waals surface area contributed by atoms with Gasteiger partial charge < -0.3 is 15.5 Å². The first-order valence-electron chi connectivity index (χ1n) is 11.1. The predicted octanol–water partition coefficient (Wildman–Crippen LogP) is 4.89. The lowest BCUT2D eigenvalue weighted by atomic mass is 10.0. The third kappa shape index (κ3) is 4.54. The van der Waals surface area contributed by atoms with E-state index in [1.807, 2.05) is 0 Å². The second kappa shape index (κ2) is 9.52. The average Bonchev–Trinajstić information content (AvgIpc) is 3.51. The zero-order chi connectivity index (χ0) is 25.4. The molecule has 2 aliphatic rings. The Bertz CT molecular complexity index is 1500. The lowest BCUT2D eigenvalue weighted by Gasteiger charge is -2.13. The number of rotatable bonds is 5. The number of alkyl halides is 1. The van der Waals surface area contributed by atoms with Gasteiger partial charge in [-0.15, -0.1) is 0 Å². The molecule has 1 saturated heterocycles. The van der Waals surface area contributed by atoms with Crippen molar-refractivity contribution in [3.63, 3.8) is 0 Å². The summed E-state index contributed by atoms with van der Waals surface area (Å²) in [6, 6.07) is 8.09. The highest BCUT2D eigenvalue weighted by Crippen LogP contribution is 2.57. The zero-order valence-corrected chi connectivity index (χ0v) is 21.5. The normalized spacial score (nSPS) is 20.3. The number of likely N-dealkylation sites (tertiary alicyclic amines) is 1. The smallest absolute Gasteiger partial charge is 0.248 e. The number of nitrogens with zero attached hydrogens (tertiary/aromatic N) is 3. The predicted molar refractivity (Wildman–Crippen MR) is 141 cm³/mol. The number of benzene rings is 2. The Kier molecular flexibility index (Phi) is 6.41. The molecule has 5 rings (SSSR count). The summed E-state index contributed by atoms with van der Waals surface area (Å²) in [5, 5.41) is 6.90. The minimum Gasteiger partial charge on any atom is -0.344 e. The Morgan fingerprint density at radius 3 is 2.94 bits per heavy atom. The largest absolute Gasteiger partial charge is 0.344 e. The van der Waals surface area contributed by atoms with E-state index in [0.717, 1.165) is 6.42 Å². The molecule has 1 aliphatic heterocycles. The first-order chi connectivity index (χ1) is 17.3. The summed E-state index contributed by atoms with van der Waals surface area (Å²) < 4.78 is 14.5. The highest BCUT2D eigenvalue weighted by Gasteiger charge is 2.64. The van der Waals surface area contributed by atoms with Crippen LogP contribution in [0.5, 0.6) is 0 Å². The number of allylic oxidation sites excluding steroid dienone is 1. The van der Waals surface area contributed by atoms with Crippen molar-refractivity contribution in [3.05, 3.63) is 65.2 Å². The summed E-state index contributed by atoms with van der Waals surface area (Å²) in [4.78, 5) is 35.0. The van der Waals surface area contributed by atoms with E-state index < -0.39 is 5.82 Å². The monoisotopic (exact) mass is 567 g/mol. The number of carbonyl (C=O) groups excluding carboxylic acids is 2. The second-order valence-corrected chi connectivity index (χ2v) is 9.82. The van der Waals surface area contributed by atoms with E-state index in [1.54, 1.807) is 42.3 Å². The molecular formula is C26H20BrClFN5O2. The van der Waals surface area contributed by atoms with Crippen molar-refractivity contribution in [1.29, 1.82) is 0 Å². The van der Waals surface area contributed by atoms with Gasteiger partial charge in [0, 0.05) is 30.4 Å². The van der Waals surface area contributed by atoms with Crippen LogP contribution in [0.1, 0.15) is 12.0 Å². The van der Waals surface area contributed by atoms with E-state index in [2.05, 4.69) is 48.4 Å². The second-order valence-electron chi connectivity index (χ2n) is 8.77. The standard InChI is InChI=1S/C26H20BrClFN5O2/c1-34-13-26(12-17(26)25(34)36)8-7-15-10-21-16(11-20(15)32-22(35)6-3-9-27)24(31-14-30-21)33-19-5-2-4-18(28)23(19)29/h2-6,10-11,14,17H,9,12-13H2,1H3,(H,32,35)(H,30,31,33)/b6-3+/t17-,26+/m1/s1. The van der Waals surface area contributed by atoms with Crippen LogP contribution in [0.3, 0.4) is 0 Å². The van der Waals surface area contributed by atoms with Crippen molar-refractivity contribution in [2.45, 2.75) is 6.42 Å². The van der Waals surface area contributed by atoms with Crippen molar-refractivity contribution < 1.29 is 14.0 Å². The molecule has 10 heteroatoms. The fraction of sp³-hybridized carbons (Fsp3) is 0.231. The van der Waals surface area contributed by atoms with Crippen LogP contribution in [0, 0.1) is 29.0 Å². The number of aromatic nitrogens is 2. The molecule has 2 atom stereocenters. The van der Waals surface area contributed by atoms with Crippen LogP contribution < -0.4 is 10.6 Å². The van der Waals surface area contributed by atoms with Gasteiger partial charge in [-0.2, -0.15) is 0 Å². The van der Waals surface area contributed by atoms with Crippen molar-refractivity contribution in [2.75, 3.05) is 29.6 Å². The van der Waals surface area contributed by atoms with Crippen molar-refractivity contribution >= 4 is 67.4 Å². The fourth-order valence-electron chi connectivity index (χ4n) is 4.40. The lowest BCUT2D eigenvalue weighted by Crippen LogP contribution is -2.24. The molecule has 36 heavy (non-hydrogen) atoms. The first-order valence-corrected chi connectivity index (χ1v) is 12.6. The van der Waals surface area contributed by atoms with Crippen LogP contribution in [0.2, 0.25) is 5.02 Å².